The lowest BCUT2D eigenvalue weighted by Gasteiger charge is -2.28. The quantitative estimate of drug-likeness (QED) is 0.800. The summed E-state index contributed by atoms with van der Waals surface area (Å²) >= 11 is 0. The summed E-state index contributed by atoms with van der Waals surface area (Å²) in [6.45, 7) is 5.79. The van der Waals surface area contributed by atoms with E-state index < -0.39 is 23.7 Å². The number of carbonyl (C=O) groups is 3. The highest BCUT2D eigenvalue weighted by atomic mass is 16.6. The highest BCUT2D eigenvalue weighted by molar-refractivity contribution is 5.82. The van der Waals surface area contributed by atoms with Crippen LogP contribution in [0, 0.1) is 5.92 Å². The molecule has 0 bridgehead atoms. The minimum Gasteiger partial charge on any atom is -0.443 e. The molecular weight excluding hydrogens is 338 g/mol. The normalized spacial score (nSPS) is 16.6. The number of nitrogens with zero attached hydrogens (tertiary/aromatic N) is 1. The monoisotopic (exact) mass is 363 g/mol. The van der Waals surface area contributed by atoms with Crippen LogP contribution in [0.25, 0.3) is 0 Å². The van der Waals surface area contributed by atoms with E-state index in [2.05, 4.69) is 10.7 Å². The van der Waals surface area contributed by atoms with Gasteiger partial charge in [-0.15, -0.1) is 0 Å². The molecule has 3 amide bonds. The Hall–Kier alpha value is -2.77. The van der Waals surface area contributed by atoms with E-state index in [1.807, 2.05) is 30.3 Å². The third kappa shape index (κ3) is 6.27. The molecule has 2 rings (SSSR count). The largest absolute Gasteiger partial charge is 0.443 e. The van der Waals surface area contributed by atoms with Crippen molar-refractivity contribution in [3.8, 4) is 0 Å². The van der Waals surface area contributed by atoms with Crippen LogP contribution in [0.15, 0.2) is 30.3 Å². The molecule has 0 radical (unpaired) electrons. The van der Waals surface area contributed by atoms with Crippen molar-refractivity contribution in [1.82, 2.24) is 15.8 Å². The maximum Gasteiger partial charge on any atom is 0.429 e. The Labute approximate surface area is 152 Å². The first kappa shape index (κ1) is 19.6. The zero-order valence-corrected chi connectivity index (χ0v) is 15.3. The van der Waals surface area contributed by atoms with E-state index in [0.29, 0.717) is 13.0 Å². The summed E-state index contributed by atoms with van der Waals surface area (Å²) in [7, 11) is 0. The molecule has 1 heterocycles. The molecule has 1 aliphatic heterocycles. The lowest BCUT2D eigenvalue weighted by atomic mass is 10.1. The molecule has 1 aliphatic rings. The van der Waals surface area contributed by atoms with E-state index in [9.17, 15) is 14.4 Å². The van der Waals surface area contributed by atoms with Gasteiger partial charge in [0.15, 0.2) is 0 Å². The Balaban J connectivity index is 1.96. The van der Waals surface area contributed by atoms with Crippen LogP contribution >= 0.6 is 0 Å². The van der Waals surface area contributed by atoms with Crippen molar-refractivity contribution in [1.29, 1.82) is 0 Å². The van der Waals surface area contributed by atoms with E-state index in [-0.39, 0.29) is 19.1 Å². The topological polar surface area (TPSA) is 97.0 Å². The molecule has 1 aromatic carbocycles. The van der Waals surface area contributed by atoms with Gasteiger partial charge in [0.05, 0.1) is 12.5 Å². The molecule has 1 unspecified atom stereocenters. The standard InChI is InChI=1S/C18H25N3O5/c1-18(2,3)26-17(24)21(11-14-9-10-19-15(14)22)20-16(23)25-12-13-7-5-4-6-8-13/h4-8,14H,9-12H2,1-3H3,(H,19,22)(H,20,23). The number of nitrogens with one attached hydrogen (secondary N) is 2. The van der Waals surface area contributed by atoms with Gasteiger partial charge in [-0.05, 0) is 32.8 Å². The predicted molar refractivity (Wildman–Crippen MR) is 93.8 cm³/mol. The van der Waals surface area contributed by atoms with Crippen molar-refractivity contribution < 1.29 is 23.9 Å². The minimum absolute atomic E-state index is 0.0151. The lowest BCUT2D eigenvalue weighted by Crippen LogP contribution is -2.51. The zero-order chi connectivity index (χ0) is 19.2. The summed E-state index contributed by atoms with van der Waals surface area (Å²) in [6, 6.07) is 9.18. The first-order valence-electron chi connectivity index (χ1n) is 8.50. The number of hydrogen-bond acceptors (Lipinski definition) is 5. The number of hydrogen-bond donors (Lipinski definition) is 2. The maximum absolute atomic E-state index is 12.4. The molecule has 2 N–H and O–H groups in total. The van der Waals surface area contributed by atoms with Crippen LogP contribution in [0.1, 0.15) is 32.8 Å². The van der Waals surface area contributed by atoms with Crippen LogP contribution in [-0.4, -0.2) is 41.8 Å². The second-order valence-corrected chi connectivity index (χ2v) is 7.04. The van der Waals surface area contributed by atoms with Gasteiger partial charge in [0, 0.05) is 6.54 Å². The average molecular weight is 363 g/mol. The Morgan fingerprint density at radius 2 is 1.96 bits per heavy atom. The molecule has 0 aliphatic carbocycles. The highest BCUT2D eigenvalue weighted by Gasteiger charge is 2.31. The Morgan fingerprint density at radius 3 is 2.54 bits per heavy atom. The van der Waals surface area contributed by atoms with E-state index in [1.54, 1.807) is 20.8 Å². The Kier molecular flexibility index (Phi) is 6.43. The average Bonchev–Trinajstić information content (AvgIpc) is 2.97. The second-order valence-electron chi connectivity index (χ2n) is 7.04. The molecular formula is C18H25N3O5. The van der Waals surface area contributed by atoms with Crippen LogP contribution in [0.3, 0.4) is 0 Å². The van der Waals surface area contributed by atoms with Gasteiger partial charge < -0.3 is 14.8 Å². The number of hydrazine groups is 1. The van der Waals surface area contributed by atoms with Gasteiger partial charge in [0.25, 0.3) is 0 Å². The minimum atomic E-state index is -0.793. The van der Waals surface area contributed by atoms with E-state index in [0.717, 1.165) is 10.6 Å². The maximum atomic E-state index is 12.4. The third-order valence-corrected chi connectivity index (χ3v) is 3.62. The molecule has 1 saturated heterocycles. The van der Waals surface area contributed by atoms with Crippen molar-refractivity contribution in [2.24, 2.45) is 5.92 Å². The molecule has 8 heteroatoms. The third-order valence-electron chi connectivity index (χ3n) is 3.62. The predicted octanol–water partition coefficient (Wildman–Crippen LogP) is 2.20. The number of carbonyl (C=O) groups excluding carboxylic acids is 3. The van der Waals surface area contributed by atoms with Crippen LogP contribution < -0.4 is 10.7 Å². The first-order valence-corrected chi connectivity index (χ1v) is 8.50. The molecule has 142 valence electrons. The van der Waals surface area contributed by atoms with Crippen molar-refractivity contribution in [2.75, 3.05) is 13.1 Å². The molecule has 1 aromatic rings. The van der Waals surface area contributed by atoms with Crippen molar-refractivity contribution >= 4 is 18.1 Å². The van der Waals surface area contributed by atoms with Crippen LogP contribution in [0.4, 0.5) is 9.59 Å². The van der Waals surface area contributed by atoms with Crippen LogP contribution in [-0.2, 0) is 20.9 Å². The van der Waals surface area contributed by atoms with Gasteiger partial charge in [-0.3, -0.25) is 4.79 Å². The molecule has 0 aromatic heterocycles. The number of benzene rings is 1. The zero-order valence-electron chi connectivity index (χ0n) is 15.3. The summed E-state index contributed by atoms with van der Waals surface area (Å²) in [4.78, 5) is 36.2. The van der Waals surface area contributed by atoms with Crippen molar-refractivity contribution in [3.05, 3.63) is 35.9 Å². The summed E-state index contributed by atoms with van der Waals surface area (Å²) in [6.07, 6.45) is -0.953. The molecule has 1 fully saturated rings. The van der Waals surface area contributed by atoms with Gasteiger partial charge >= 0.3 is 12.2 Å². The molecule has 1 atom stereocenters. The SMILES string of the molecule is CC(C)(C)OC(=O)N(CC1CCNC1=O)NC(=O)OCc1ccccc1. The summed E-state index contributed by atoms with van der Waals surface area (Å²) in [5.74, 6) is -0.560. The highest BCUT2D eigenvalue weighted by Crippen LogP contribution is 2.14. The van der Waals surface area contributed by atoms with Crippen LogP contribution in [0.2, 0.25) is 0 Å². The fourth-order valence-electron chi connectivity index (χ4n) is 2.39. The fourth-order valence-corrected chi connectivity index (χ4v) is 2.39. The van der Waals surface area contributed by atoms with Gasteiger partial charge in [-0.2, -0.15) is 0 Å². The molecule has 0 spiro atoms. The summed E-state index contributed by atoms with van der Waals surface area (Å²) in [5, 5.41) is 3.69. The molecule has 8 nitrogen and oxygen atoms in total. The van der Waals surface area contributed by atoms with E-state index in [1.165, 1.54) is 0 Å². The fraction of sp³-hybridized carbons (Fsp3) is 0.500. The number of amides is 3. The lowest BCUT2D eigenvalue weighted by molar-refractivity contribution is -0.123. The van der Waals surface area contributed by atoms with E-state index >= 15 is 0 Å². The Morgan fingerprint density at radius 1 is 1.27 bits per heavy atom. The van der Waals surface area contributed by atoms with Crippen molar-refractivity contribution in [3.63, 3.8) is 0 Å². The summed E-state index contributed by atoms with van der Waals surface area (Å²) < 4.78 is 10.4. The van der Waals surface area contributed by atoms with Crippen LogP contribution in [0.5, 0.6) is 0 Å². The Bertz CT molecular complexity index is 642. The second kappa shape index (κ2) is 8.55. The molecule has 26 heavy (non-hydrogen) atoms. The van der Waals surface area contributed by atoms with Gasteiger partial charge in [0.1, 0.15) is 12.2 Å². The smallest absolute Gasteiger partial charge is 0.429 e. The van der Waals surface area contributed by atoms with Gasteiger partial charge in [-0.25, -0.2) is 20.0 Å². The summed E-state index contributed by atoms with van der Waals surface area (Å²) in [5.41, 5.74) is 2.46. The van der Waals surface area contributed by atoms with E-state index in [4.69, 9.17) is 9.47 Å². The van der Waals surface area contributed by atoms with Gasteiger partial charge in [-0.1, -0.05) is 30.3 Å². The number of rotatable bonds is 4. The number of ether oxygens (including phenoxy) is 2. The first-order chi connectivity index (χ1) is 12.2. The molecule has 0 saturated carbocycles. The van der Waals surface area contributed by atoms with Gasteiger partial charge in [0.2, 0.25) is 5.91 Å². The van der Waals surface area contributed by atoms with Crippen molar-refractivity contribution in [2.45, 2.75) is 39.4 Å².